The Hall–Kier alpha value is -2.99. The van der Waals surface area contributed by atoms with E-state index >= 15 is 0 Å². The Balaban J connectivity index is 1.63. The summed E-state index contributed by atoms with van der Waals surface area (Å²) in [6.45, 7) is 2.03. The van der Waals surface area contributed by atoms with Crippen LogP contribution in [0.1, 0.15) is 30.0 Å². The van der Waals surface area contributed by atoms with Gasteiger partial charge in [0.2, 0.25) is 5.95 Å². The number of fused-ring (bicyclic) bond motifs is 1. The summed E-state index contributed by atoms with van der Waals surface area (Å²) >= 11 is 6.30. The Morgan fingerprint density at radius 2 is 1.89 bits per heavy atom. The number of rotatable bonds is 4. The van der Waals surface area contributed by atoms with Crippen molar-refractivity contribution in [1.29, 1.82) is 0 Å². The third-order valence-electron chi connectivity index (χ3n) is 4.85. The fraction of sp³-hybridized carbons (Fsp3) is 0.190. The van der Waals surface area contributed by atoms with Crippen molar-refractivity contribution in [3.63, 3.8) is 0 Å². The average Bonchev–Trinajstić information content (AvgIpc) is 3.44. The molecule has 1 aromatic carbocycles. The van der Waals surface area contributed by atoms with Crippen LogP contribution in [0.3, 0.4) is 0 Å². The first-order chi connectivity index (χ1) is 13.6. The van der Waals surface area contributed by atoms with Gasteiger partial charge in [-0.05, 0) is 38.0 Å². The monoisotopic (exact) mass is 393 g/mol. The predicted octanol–water partition coefficient (Wildman–Crippen LogP) is 5.51. The molecule has 1 saturated carbocycles. The first-order valence-corrected chi connectivity index (χ1v) is 9.51. The van der Waals surface area contributed by atoms with E-state index < -0.39 is 0 Å². The molecule has 28 heavy (non-hydrogen) atoms. The summed E-state index contributed by atoms with van der Waals surface area (Å²) in [7, 11) is 0. The molecule has 7 heteroatoms. The standard InChI is InChI=1S/C21H17ClFN5/c1-12-2-6-15(7-3-12)24-21-25-16(11-18(22)26-21)19-17-10-14(23)8-9-28(17)27-20(19)13-4-5-13/h2-3,6-11,13H,4-5H2,1H3,(H,24,25,26). The highest BCUT2D eigenvalue weighted by Crippen LogP contribution is 2.45. The van der Waals surface area contributed by atoms with E-state index in [1.807, 2.05) is 31.2 Å². The average molecular weight is 394 g/mol. The van der Waals surface area contributed by atoms with Gasteiger partial charge in [0.1, 0.15) is 11.0 Å². The van der Waals surface area contributed by atoms with Crippen LogP contribution >= 0.6 is 11.6 Å². The molecule has 1 fully saturated rings. The molecule has 0 bridgehead atoms. The Kier molecular flexibility index (Phi) is 4.02. The summed E-state index contributed by atoms with van der Waals surface area (Å²) < 4.78 is 15.6. The molecule has 1 aliphatic rings. The van der Waals surface area contributed by atoms with Crippen LogP contribution in [0.4, 0.5) is 16.0 Å². The summed E-state index contributed by atoms with van der Waals surface area (Å²) in [5.74, 6) is 0.457. The first-order valence-electron chi connectivity index (χ1n) is 9.13. The Bertz CT molecular complexity index is 1180. The zero-order valence-electron chi connectivity index (χ0n) is 15.2. The Morgan fingerprint density at radius 3 is 2.64 bits per heavy atom. The smallest absolute Gasteiger partial charge is 0.229 e. The highest BCUT2D eigenvalue weighted by atomic mass is 35.5. The van der Waals surface area contributed by atoms with Gasteiger partial charge in [-0.2, -0.15) is 5.10 Å². The zero-order chi connectivity index (χ0) is 19.3. The summed E-state index contributed by atoms with van der Waals surface area (Å²) in [5.41, 5.74) is 5.10. The minimum Gasteiger partial charge on any atom is -0.324 e. The van der Waals surface area contributed by atoms with Crippen molar-refractivity contribution in [1.82, 2.24) is 19.6 Å². The second-order valence-corrected chi connectivity index (χ2v) is 7.49. The van der Waals surface area contributed by atoms with Gasteiger partial charge in [0, 0.05) is 35.5 Å². The van der Waals surface area contributed by atoms with Crippen LogP contribution < -0.4 is 5.32 Å². The van der Waals surface area contributed by atoms with Gasteiger partial charge in [-0.15, -0.1) is 0 Å². The minimum absolute atomic E-state index is 0.311. The van der Waals surface area contributed by atoms with Gasteiger partial charge in [0.15, 0.2) is 0 Å². The Morgan fingerprint density at radius 1 is 1.11 bits per heavy atom. The van der Waals surface area contributed by atoms with Crippen molar-refractivity contribution < 1.29 is 4.39 Å². The molecular formula is C21H17ClFN5. The van der Waals surface area contributed by atoms with Crippen LogP contribution in [0.25, 0.3) is 16.8 Å². The summed E-state index contributed by atoms with van der Waals surface area (Å²) in [6, 6.07) is 12.5. The van der Waals surface area contributed by atoms with E-state index in [9.17, 15) is 4.39 Å². The third kappa shape index (κ3) is 3.20. The Labute approximate surface area is 166 Å². The molecule has 1 N–H and O–H groups in total. The second-order valence-electron chi connectivity index (χ2n) is 7.10. The van der Waals surface area contributed by atoms with Crippen molar-refractivity contribution in [2.24, 2.45) is 0 Å². The number of nitrogens with one attached hydrogen (secondary N) is 1. The van der Waals surface area contributed by atoms with Crippen LogP contribution in [0.15, 0.2) is 48.7 Å². The molecule has 4 aromatic rings. The van der Waals surface area contributed by atoms with E-state index in [4.69, 9.17) is 11.6 Å². The fourth-order valence-corrected chi connectivity index (χ4v) is 3.49. The van der Waals surface area contributed by atoms with Gasteiger partial charge in [-0.25, -0.2) is 18.9 Å². The minimum atomic E-state index is -0.311. The van der Waals surface area contributed by atoms with Crippen LogP contribution in [0.5, 0.6) is 0 Å². The van der Waals surface area contributed by atoms with Gasteiger partial charge < -0.3 is 5.32 Å². The van der Waals surface area contributed by atoms with Crippen molar-refractivity contribution in [3.05, 3.63) is 70.9 Å². The molecule has 140 valence electrons. The molecule has 1 aliphatic carbocycles. The number of halogens is 2. The summed E-state index contributed by atoms with van der Waals surface area (Å²) in [5, 5.41) is 8.18. The molecule has 0 spiro atoms. The van der Waals surface area contributed by atoms with Crippen LogP contribution in [0.2, 0.25) is 5.15 Å². The molecule has 0 amide bonds. The second kappa shape index (κ2) is 6.56. The van der Waals surface area contributed by atoms with Gasteiger partial charge in [0.05, 0.1) is 16.9 Å². The van der Waals surface area contributed by atoms with E-state index in [2.05, 4.69) is 20.4 Å². The molecule has 0 aliphatic heterocycles. The van der Waals surface area contributed by atoms with Gasteiger partial charge in [-0.3, -0.25) is 0 Å². The summed E-state index contributed by atoms with van der Waals surface area (Å²) in [4.78, 5) is 8.95. The molecule has 3 aromatic heterocycles. The lowest BCUT2D eigenvalue weighted by molar-refractivity contribution is 0.625. The lowest BCUT2D eigenvalue weighted by Gasteiger charge is -2.08. The van der Waals surface area contributed by atoms with Gasteiger partial charge in [0.25, 0.3) is 0 Å². The molecular weight excluding hydrogens is 377 g/mol. The van der Waals surface area contributed by atoms with Crippen LogP contribution in [-0.2, 0) is 0 Å². The first kappa shape index (κ1) is 17.1. The van der Waals surface area contributed by atoms with E-state index in [1.165, 1.54) is 17.7 Å². The lowest BCUT2D eigenvalue weighted by Crippen LogP contribution is -1.99. The molecule has 0 saturated heterocycles. The van der Waals surface area contributed by atoms with E-state index in [0.717, 1.165) is 29.8 Å². The maximum Gasteiger partial charge on any atom is 0.229 e. The van der Waals surface area contributed by atoms with Crippen molar-refractivity contribution >= 4 is 28.8 Å². The highest BCUT2D eigenvalue weighted by Gasteiger charge is 2.31. The number of aryl methyl sites for hydroxylation is 1. The van der Waals surface area contributed by atoms with Crippen molar-refractivity contribution in [2.45, 2.75) is 25.7 Å². The molecule has 0 atom stereocenters. The van der Waals surface area contributed by atoms with Crippen LogP contribution in [0, 0.1) is 12.7 Å². The highest BCUT2D eigenvalue weighted by molar-refractivity contribution is 6.29. The quantitative estimate of drug-likeness (QED) is 0.464. The normalized spacial score (nSPS) is 13.8. The predicted molar refractivity (Wildman–Crippen MR) is 108 cm³/mol. The van der Waals surface area contributed by atoms with E-state index in [1.54, 1.807) is 16.8 Å². The lowest BCUT2D eigenvalue weighted by atomic mass is 10.1. The SMILES string of the molecule is Cc1ccc(Nc2nc(Cl)cc(-c3c(C4CC4)nn4ccc(F)cc34)n2)cc1. The largest absolute Gasteiger partial charge is 0.324 e. The topological polar surface area (TPSA) is 55.1 Å². The van der Waals surface area contributed by atoms with Gasteiger partial charge in [-0.1, -0.05) is 29.3 Å². The number of anilines is 2. The summed E-state index contributed by atoms with van der Waals surface area (Å²) in [6.07, 6.45) is 3.79. The molecule has 5 rings (SSSR count). The molecule has 0 unspecified atom stereocenters. The number of hydrogen-bond donors (Lipinski definition) is 1. The van der Waals surface area contributed by atoms with Crippen LogP contribution in [-0.4, -0.2) is 19.6 Å². The van der Waals surface area contributed by atoms with Crippen molar-refractivity contribution in [2.75, 3.05) is 5.32 Å². The fourth-order valence-electron chi connectivity index (χ4n) is 3.31. The zero-order valence-corrected chi connectivity index (χ0v) is 15.9. The number of nitrogens with zero attached hydrogens (tertiary/aromatic N) is 4. The number of aromatic nitrogens is 4. The van der Waals surface area contributed by atoms with Crippen molar-refractivity contribution in [3.8, 4) is 11.3 Å². The number of pyridine rings is 1. The van der Waals surface area contributed by atoms with E-state index in [-0.39, 0.29) is 5.82 Å². The van der Waals surface area contributed by atoms with Gasteiger partial charge >= 0.3 is 0 Å². The maximum atomic E-state index is 13.9. The molecule has 0 radical (unpaired) electrons. The molecule has 3 heterocycles. The van der Waals surface area contributed by atoms with E-state index in [0.29, 0.717) is 28.2 Å². The maximum absolute atomic E-state index is 13.9. The molecule has 5 nitrogen and oxygen atoms in total. The number of benzene rings is 1. The number of hydrogen-bond acceptors (Lipinski definition) is 4. The third-order valence-corrected chi connectivity index (χ3v) is 5.04.